The highest BCUT2D eigenvalue weighted by Crippen LogP contribution is 2.37. The fourth-order valence-electron chi connectivity index (χ4n) is 3.89. The van der Waals surface area contributed by atoms with E-state index in [9.17, 15) is 0 Å². The number of rotatable bonds is 3. The van der Waals surface area contributed by atoms with Crippen LogP contribution in [0.3, 0.4) is 0 Å². The molecule has 2 fully saturated rings. The van der Waals surface area contributed by atoms with E-state index in [0.717, 1.165) is 17.9 Å². The van der Waals surface area contributed by atoms with Gasteiger partial charge in [0, 0.05) is 6.04 Å². The Morgan fingerprint density at radius 3 is 2.00 bits per heavy atom. The zero-order chi connectivity index (χ0) is 13.0. The molecule has 2 saturated carbocycles. The molecule has 0 amide bonds. The van der Waals surface area contributed by atoms with E-state index in [1.54, 1.807) is 0 Å². The molecule has 0 aromatic carbocycles. The zero-order valence-corrected chi connectivity index (χ0v) is 12.8. The van der Waals surface area contributed by atoms with E-state index in [-0.39, 0.29) is 0 Å². The van der Waals surface area contributed by atoms with Gasteiger partial charge in [-0.3, -0.25) is 0 Å². The van der Waals surface area contributed by atoms with Gasteiger partial charge >= 0.3 is 0 Å². The maximum atomic E-state index is 3.86. The summed E-state index contributed by atoms with van der Waals surface area (Å²) in [5.74, 6) is 1.93. The van der Waals surface area contributed by atoms with Crippen LogP contribution in [0, 0.1) is 17.3 Å². The summed E-state index contributed by atoms with van der Waals surface area (Å²) in [4.78, 5) is 0. The molecule has 0 bridgehead atoms. The van der Waals surface area contributed by atoms with E-state index in [1.807, 2.05) is 0 Å². The maximum absolute atomic E-state index is 3.86. The summed E-state index contributed by atoms with van der Waals surface area (Å²) in [6.45, 7) is 8.53. The summed E-state index contributed by atoms with van der Waals surface area (Å²) in [5, 5.41) is 3.86. The molecule has 0 unspecified atom stereocenters. The molecule has 0 aromatic rings. The average Bonchev–Trinajstić information content (AvgIpc) is 2.37. The Bertz CT molecular complexity index is 226. The van der Waals surface area contributed by atoms with Crippen molar-refractivity contribution in [1.29, 1.82) is 0 Å². The lowest BCUT2D eigenvalue weighted by molar-refractivity contribution is 0.157. The van der Waals surface area contributed by atoms with E-state index < -0.39 is 0 Å². The van der Waals surface area contributed by atoms with Crippen LogP contribution in [-0.4, -0.2) is 12.6 Å². The normalized spacial score (nSPS) is 31.5. The second kappa shape index (κ2) is 6.41. The maximum Gasteiger partial charge on any atom is 0.00673 e. The Labute approximate surface area is 114 Å². The van der Waals surface area contributed by atoms with Crippen LogP contribution in [0.2, 0.25) is 0 Å². The van der Waals surface area contributed by atoms with Gasteiger partial charge in [0.05, 0.1) is 0 Å². The van der Waals surface area contributed by atoms with Crippen LogP contribution in [0.15, 0.2) is 0 Å². The Morgan fingerprint density at radius 2 is 1.44 bits per heavy atom. The Balaban J connectivity index is 1.64. The van der Waals surface area contributed by atoms with Gasteiger partial charge in [-0.1, -0.05) is 40.0 Å². The molecule has 0 heterocycles. The van der Waals surface area contributed by atoms with Crippen LogP contribution < -0.4 is 5.32 Å². The molecule has 0 spiro atoms. The van der Waals surface area contributed by atoms with Gasteiger partial charge < -0.3 is 5.32 Å². The van der Waals surface area contributed by atoms with Crippen molar-refractivity contribution in [2.75, 3.05) is 6.54 Å². The zero-order valence-electron chi connectivity index (χ0n) is 12.8. The van der Waals surface area contributed by atoms with Crippen molar-refractivity contribution in [1.82, 2.24) is 5.32 Å². The van der Waals surface area contributed by atoms with Crippen LogP contribution in [0.25, 0.3) is 0 Å². The summed E-state index contributed by atoms with van der Waals surface area (Å²) in [5.41, 5.74) is 0.522. The summed E-state index contributed by atoms with van der Waals surface area (Å²) in [6, 6.07) is 0.825. The highest BCUT2D eigenvalue weighted by Gasteiger charge is 2.29. The predicted molar refractivity (Wildman–Crippen MR) is 79.8 cm³/mol. The minimum absolute atomic E-state index is 0.522. The summed E-state index contributed by atoms with van der Waals surface area (Å²) in [7, 11) is 0. The molecule has 1 nitrogen and oxygen atoms in total. The standard InChI is InChI=1S/C17H33N/c1-17(2,3)15-9-11-16(12-10-15)18-13-14-7-5-4-6-8-14/h14-16,18H,4-13H2,1-3H3. The van der Waals surface area contributed by atoms with Gasteiger partial charge in [0.2, 0.25) is 0 Å². The molecule has 18 heavy (non-hydrogen) atoms. The van der Waals surface area contributed by atoms with Gasteiger partial charge in [0.25, 0.3) is 0 Å². The molecule has 0 atom stereocenters. The quantitative estimate of drug-likeness (QED) is 0.762. The van der Waals surface area contributed by atoms with Gasteiger partial charge in [-0.2, -0.15) is 0 Å². The molecule has 0 aromatic heterocycles. The predicted octanol–water partition coefficient (Wildman–Crippen LogP) is 4.76. The van der Waals surface area contributed by atoms with E-state index >= 15 is 0 Å². The van der Waals surface area contributed by atoms with Gasteiger partial charge in [0.15, 0.2) is 0 Å². The van der Waals surface area contributed by atoms with Gasteiger partial charge in [-0.15, -0.1) is 0 Å². The van der Waals surface area contributed by atoms with Gasteiger partial charge in [-0.05, 0) is 62.3 Å². The molecule has 0 aliphatic heterocycles. The largest absolute Gasteiger partial charge is 0.314 e. The first-order chi connectivity index (χ1) is 8.55. The molecule has 0 radical (unpaired) electrons. The van der Waals surface area contributed by atoms with Crippen molar-refractivity contribution < 1.29 is 0 Å². The topological polar surface area (TPSA) is 12.0 Å². The molecule has 1 heteroatoms. The third-order valence-corrected chi connectivity index (χ3v) is 5.37. The molecule has 1 N–H and O–H groups in total. The molecular weight excluding hydrogens is 218 g/mol. The van der Waals surface area contributed by atoms with Gasteiger partial charge in [-0.25, -0.2) is 0 Å². The second-order valence-electron chi connectivity index (χ2n) is 7.83. The summed E-state index contributed by atoms with van der Waals surface area (Å²) in [6.07, 6.45) is 13.1. The lowest BCUT2D eigenvalue weighted by Crippen LogP contribution is -2.38. The van der Waals surface area contributed by atoms with Crippen LogP contribution >= 0.6 is 0 Å². The SMILES string of the molecule is CC(C)(C)C1CCC(NCC2CCCCC2)CC1. The Morgan fingerprint density at radius 1 is 0.833 bits per heavy atom. The first-order valence-corrected chi connectivity index (χ1v) is 8.29. The summed E-state index contributed by atoms with van der Waals surface area (Å²) < 4.78 is 0. The number of hydrogen-bond acceptors (Lipinski definition) is 1. The first-order valence-electron chi connectivity index (χ1n) is 8.29. The average molecular weight is 251 g/mol. The molecule has 2 aliphatic carbocycles. The Kier molecular flexibility index (Phi) is 5.12. The molecule has 2 aliphatic rings. The molecular formula is C17H33N. The fraction of sp³-hybridized carbons (Fsp3) is 1.00. The summed E-state index contributed by atoms with van der Waals surface area (Å²) >= 11 is 0. The number of nitrogens with one attached hydrogen (secondary N) is 1. The Hall–Kier alpha value is -0.0400. The number of hydrogen-bond donors (Lipinski definition) is 1. The second-order valence-corrected chi connectivity index (χ2v) is 7.83. The van der Waals surface area contributed by atoms with Crippen molar-refractivity contribution >= 4 is 0 Å². The van der Waals surface area contributed by atoms with Crippen LogP contribution in [0.4, 0.5) is 0 Å². The fourth-order valence-corrected chi connectivity index (χ4v) is 3.89. The minimum atomic E-state index is 0.522. The van der Waals surface area contributed by atoms with Crippen molar-refractivity contribution in [2.45, 2.75) is 84.6 Å². The third-order valence-electron chi connectivity index (χ3n) is 5.37. The lowest BCUT2D eigenvalue weighted by Gasteiger charge is -2.37. The van der Waals surface area contributed by atoms with Crippen molar-refractivity contribution in [2.24, 2.45) is 17.3 Å². The highest BCUT2D eigenvalue weighted by molar-refractivity contribution is 4.84. The monoisotopic (exact) mass is 251 g/mol. The van der Waals surface area contributed by atoms with Crippen molar-refractivity contribution in [3.8, 4) is 0 Å². The van der Waals surface area contributed by atoms with Crippen molar-refractivity contribution in [3.05, 3.63) is 0 Å². The lowest BCUT2D eigenvalue weighted by atomic mass is 9.71. The third kappa shape index (κ3) is 4.26. The molecule has 2 rings (SSSR count). The smallest absolute Gasteiger partial charge is 0.00673 e. The van der Waals surface area contributed by atoms with Crippen LogP contribution in [0.1, 0.15) is 78.6 Å². The van der Waals surface area contributed by atoms with E-state index in [2.05, 4.69) is 26.1 Å². The molecule has 0 saturated heterocycles. The van der Waals surface area contributed by atoms with E-state index in [4.69, 9.17) is 0 Å². The minimum Gasteiger partial charge on any atom is -0.314 e. The van der Waals surface area contributed by atoms with Crippen molar-refractivity contribution in [3.63, 3.8) is 0 Å². The van der Waals surface area contributed by atoms with Crippen LogP contribution in [-0.2, 0) is 0 Å². The first kappa shape index (κ1) is 14.4. The molecule has 106 valence electrons. The van der Waals surface area contributed by atoms with Crippen LogP contribution in [0.5, 0.6) is 0 Å². The van der Waals surface area contributed by atoms with E-state index in [1.165, 1.54) is 64.3 Å². The van der Waals surface area contributed by atoms with Gasteiger partial charge in [0.1, 0.15) is 0 Å². The highest BCUT2D eigenvalue weighted by atomic mass is 14.9. The van der Waals surface area contributed by atoms with E-state index in [0.29, 0.717) is 5.41 Å².